The Morgan fingerprint density at radius 3 is 2.65 bits per heavy atom. The molecule has 1 N–H and O–H groups in total. The van der Waals surface area contributed by atoms with Crippen molar-refractivity contribution in [2.75, 3.05) is 5.32 Å². The zero-order valence-corrected chi connectivity index (χ0v) is 11.4. The second-order valence-corrected chi connectivity index (χ2v) is 5.63. The minimum atomic E-state index is -0.0535. The normalized spacial score (nSPS) is 13.2. The van der Waals surface area contributed by atoms with Crippen LogP contribution in [0.4, 0.5) is 5.82 Å². The molecule has 4 nitrogen and oxygen atoms in total. The third-order valence-electron chi connectivity index (χ3n) is 2.87. The van der Waals surface area contributed by atoms with E-state index in [9.17, 15) is 4.79 Å². The van der Waals surface area contributed by atoms with E-state index < -0.39 is 0 Å². The Balaban J connectivity index is 2.56. The van der Waals surface area contributed by atoms with E-state index in [0.29, 0.717) is 23.3 Å². The number of carbonyl (C=O) groups is 1. The first-order valence-electron chi connectivity index (χ1n) is 5.56. The van der Waals surface area contributed by atoms with Gasteiger partial charge in [-0.3, -0.25) is 4.79 Å². The molecule has 0 saturated carbocycles. The van der Waals surface area contributed by atoms with Crippen molar-refractivity contribution in [3.05, 3.63) is 17.5 Å². The van der Waals surface area contributed by atoms with Gasteiger partial charge in [0.25, 0.3) is 0 Å². The van der Waals surface area contributed by atoms with Gasteiger partial charge in [0.1, 0.15) is 17.3 Å². The summed E-state index contributed by atoms with van der Waals surface area (Å²) >= 11 is 5.70. The van der Waals surface area contributed by atoms with E-state index in [0.717, 1.165) is 0 Å². The highest BCUT2D eigenvalue weighted by Gasteiger charge is 2.22. The Kier molecular flexibility index (Phi) is 4.46. The number of carbonyl (C=O) groups excluding carboxylic acids is 1. The summed E-state index contributed by atoms with van der Waals surface area (Å²) in [6.07, 6.45) is 1.79. The van der Waals surface area contributed by atoms with Crippen molar-refractivity contribution in [2.24, 2.45) is 11.3 Å². The lowest BCUT2D eigenvalue weighted by Gasteiger charge is -2.26. The molecule has 0 aliphatic rings. The summed E-state index contributed by atoms with van der Waals surface area (Å²) in [5.41, 5.74) is 0.112. The SMILES string of the molecule is CC(CC(=O)Nc1cc(Cl)ncn1)C(C)(C)C. The van der Waals surface area contributed by atoms with Crippen LogP contribution in [0.15, 0.2) is 12.4 Å². The summed E-state index contributed by atoms with van der Waals surface area (Å²) in [6, 6.07) is 1.53. The second kappa shape index (κ2) is 5.45. The van der Waals surface area contributed by atoms with Crippen LogP contribution < -0.4 is 5.32 Å². The first-order chi connectivity index (χ1) is 7.79. The fourth-order valence-electron chi connectivity index (χ4n) is 1.18. The minimum Gasteiger partial charge on any atom is -0.311 e. The molecule has 1 unspecified atom stereocenters. The molecule has 1 heterocycles. The van der Waals surface area contributed by atoms with Crippen molar-refractivity contribution in [1.29, 1.82) is 0 Å². The van der Waals surface area contributed by atoms with Gasteiger partial charge in [0.05, 0.1) is 0 Å². The number of nitrogens with zero attached hydrogens (tertiary/aromatic N) is 2. The molecule has 0 saturated heterocycles. The third-order valence-corrected chi connectivity index (χ3v) is 3.08. The van der Waals surface area contributed by atoms with Crippen LogP contribution in [-0.2, 0) is 4.79 Å². The highest BCUT2D eigenvalue weighted by Crippen LogP contribution is 2.28. The van der Waals surface area contributed by atoms with Crippen molar-refractivity contribution in [2.45, 2.75) is 34.1 Å². The molecule has 0 aromatic carbocycles. The number of hydrogen-bond donors (Lipinski definition) is 1. The monoisotopic (exact) mass is 255 g/mol. The van der Waals surface area contributed by atoms with Crippen molar-refractivity contribution in [3.63, 3.8) is 0 Å². The maximum absolute atomic E-state index is 11.8. The first-order valence-corrected chi connectivity index (χ1v) is 5.94. The molecule has 1 aromatic rings. The highest BCUT2D eigenvalue weighted by atomic mass is 35.5. The molecule has 0 fully saturated rings. The maximum atomic E-state index is 11.8. The van der Waals surface area contributed by atoms with Gasteiger partial charge in [-0.15, -0.1) is 0 Å². The summed E-state index contributed by atoms with van der Waals surface area (Å²) in [4.78, 5) is 19.4. The van der Waals surface area contributed by atoms with Crippen molar-refractivity contribution in [3.8, 4) is 0 Å². The van der Waals surface area contributed by atoms with Gasteiger partial charge in [0.2, 0.25) is 5.91 Å². The average molecular weight is 256 g/mol. The number of amides is 1. The Morgan fingerprint density at radius 1 is 1.47 bits per heavy atom. The Morgan fingerprint density at radius 2 is 2.12 bits per heavy atom. The molecule has 0 aliphatic carbocycles. The second-order valence-electron chi connectivity index (χ2n) is 5.25. The molecule has 0 radical (unpaired) electrons. The van der Waals surface area contributed by atoms with Gasteiger partial charge in [-0.1, -0.05) is 39.3 Å². The minimum absolute atomic E-state index is 0.0535. The molecule has 0 spiro atoms. The van der Waals surface area contributed by atoms with Crippen LogP contribution in [0.1, 0.15) is 34.1 Å². The molecule has 0 bridgehead atoms. The van der Waals surface area contributed by atoms with E-state index in [1.165, 1.54) is 12.4 Å². The van der Waals surface area contributed by atoms with Gasteiger partial charge in [-0.25, -0.2) is 9.97 Å². The highest BCUT2D eigenvalue weighted by molar-refractivity contribution is 6.29. The lowest BCUT2D eigenvalue weighted by atomic mass is 9.80. The molecule has 1 amide bonds. The number of halogens is 1. The van der Waals surface area contributed by atoms with Crippen molar-refractivity contribution < 1.29 is 4.79 Å². The summed E-state index contributed by atoms with van der Waals surface area (Å²) in [7, 11) is 0. The Labute approximate surface area is 107 Å². The van der Waals surface area contributed by atoms with Gasteiger partial charge < -0.3 is 5.32 Å². The lowest BCUT2D eigenvalue weighted by molar-refractivity contribution is -0.117. The van der Waals surface area contributed by atoms with Crippen LogP contribution in [0.5, 0.6) is 0 Å². The molecule has 1 aromatic heterocycles. The van der Waals surface area contributed by atoms with Crippen molar-refractivity contribution >= 4 is 23.3 Å². The fourth-order valence-corrected chi connectivity index (χ4v) is 1.33. The van der Waals surface area contributed by atoms with Crippen molar-refractivity contribution in [1.82, 2.24) is 9.97 Å². The zero-order valence-electron chi connectivity index (χ0n) is 10.6. The van der Waals surface area contributed by atoms with Crippen LogP contribution in [0.3, 0.4) is 0 Å². The van der Waals surface area contributed by atoms with Crippen LogP contribution in [0.25, 0.3) is 0 Å². The standard InChI is InChI=1S/C12H18ClN3O/c1-8(12(2,3)4)5-11(17)16-10-6-9(13)14-7-15-10/h6-8H,5H2,1-4H3,(H,14,15,16,17). The lowest BCUT2D eigenvalue weighted by Crippen LogP contribution is -2.24. The van der Waals surface area contributed by atoms with Gasteiger partial charge in [0, 0.05) is 12.5 Å². The summed E-state index contributed by atoms with van der Waals surface area (Å²) in [5, 5.41) is 3.03. The number of rotatable bonds is 3. The molecule has 1 atom stereocenters. The number of aromatic nitrogens is 2. The van der Waals surface area contributed by atoms with E-state index in [-0.39, 0.29) is 11.3 Å². The van der Waals surface area contributed by atoms with Crippen LogP contribution in [0.2, 0.25) is 5.15 Å². The van der Waals surface area contributed by atoms with Gasteiger partial charge >= 0.3 is 0 Å². The molecular formula is C12H18ClN3O. The number of anilines is 1. The quantitative estimate of drug-likeness (QED) is 0.845. The van der Waals surface area contributed by atoms with Gasteiger partial charge in [-0.2, -0.15) is 0 Å². The zero-order chi connectivity index (χ0) is 13.1. The van der Waals surface area contributed by atoms with E-state index in [2.05, 4.69) is 43.0 Å². The number of hydrogen-bond acceptors (Lipinski definition) is 3. The Hall–Kier alpha value is -1.16. The molecular weight excluding hydrogens is 238 g/mol. The van der Waals surface area contributed by atoms with E-state index in [1.54, 1.807) is 0 Å². The van der Waals surface area contributed by atoms with Gasteiger partial charge in [0.15, 0.2) is 0 Å². The van der Waals surface area contributed by atoms with Gasteiger partial charge in [-0.05, 0) is 11.3 Å². The molecule has 17 heavy (non-hydrogen) atoms. The molecule has 0 aliphatic heterocycles. The molecule has 5 heteroatoms. The fraction of sp³-hybridized carbons (Fsp3) is 0.583. The topological polar surface area (TPSA) is 54.9 Å². The Bertz CT molecular complexity index is 401. The largest absolute Gasteiger partial charge is 0.311 e. The summed E-state index contributed by atoms with van der Waals surface area (Å²) in [6.45, 7) is 8.41. The van der Waals surface area contributed by atoms with Crippen LogP contribution in [-0.4, -0.2) is 15.9 Å². The number of nitrogens with one attached hydrogen (secondary N) is 1. The first kappa shape index (κ1) is 13.9. The summed E-state index contributed by atoms with van der Waals surface area (Å²) < 4.78 is 0. The average Bonchev–Trinajstić information content (AvgIpc) is 2.15. The predicted octanol–water partition coefficient (Wildman–Crippen LogP) is 3.14. The van der Waals surface area contributed by atoms with E-state index in [4.69, 9.17) is 11.6 Å². The third kappa shape index (κ3) is 4.69. The maximum Gasteiger partial charge on any atom is 0.225 e. The summed E-state index contributed by atoms with van der Waals surface area (Å²) in [5.74, 6) is 0.679. The predicted molar refractivity (Wildman–Crippen MR) is 68.9 cm³/mol. The van der Waals surface area contributed by atoms with Crippen LogP contribution >= 0.6 is 11.6 Å². The smallest absolute Gasteiger partial charge is 0.225 e. The van der Waals surface area contributed by atoms with E-state index >= 15 is 0 Å². The molecule has 1 rings (SSSR count). The van der Waals surface area contributed by atoms with Crippen LogP contribution in [0, 0.1) is 11.3 Å². The van der Waals surface area contributed by atoms with E-state index in [1.807, 2.05) is 0 Å². The molecule has 94 valence electrons.